The van der Waals surface area contributed by atoms with E-state index < -0.39 is 22.9 Å². The molecule has 88 valence electrons. The van der Waals surface area contributed by atoms with Crippen LogP contribution in [0.4, 0.5) is 4.39 Å². The number of benzene rings is 1. The summed E-state index contributed by atoms with van der Waals surface area (Å²) in [5.41, 5.74) is -0.903. The number of nitrogens with zero attached hydrogens (tertiary/aromatic N) is 1. The highest BCUT2D eigenvalue weighted by atomic mass is 19.1. The van der Waals surface area contributed by atoms with E-state index in [2.05, 4.69) is 0 Å². The first kappa shape index (κ1) is 11.1. The Labute approximate surface area is 94.8 Å². The van der Waals surface area contributed by atoms with Crippen LogP contribution in [-0.4, -0.2) is 9.55 Å². The second-order valence-corrected chi connectivity index (χ2v) is 3.49. The van der Waals surface area contributed by atoms with Crippen molar-refractivity contribution in [2.24, 2.45) is 0 Å². The molecule has 0 spiro atoms. The van der Waals surface area contributed by atoms with Crippen molar-refractivity contribution in [1.29, 1.82) is 0 Å². The molecule has 0 saturated heterocycles. The number of halogens is 1. The van der Waals surface area contributed by atoms with Crippen molar-refractivity contribution < 1.29 is 9.50 Å². The van der Waals surface area contributed by atoms with E-state index in [0.29, 0.717) is 5.56 Å². The maximum absolute atomic E-state index is 12.7. The molecule has 0 amide bonds. The summed E-state index contributed by atoms with van der Waals surface area (Å²) >= 11 is 0. The molecule has 0 fully saturated rings. The lowest BCUT2D eigenvalue weighted by Crippen LogP contribution is -2.31. The van der Waals surface area contributed by atoms with Crippen molar-refractivity contribution in [2.45, 2.75) is 6.54 Å². The van der Waals surface area contributed by atoms with Gasteiger partial charge in [-0.25, -0.2) is 9.18 Å². The zero-order valence-electron chi connectivity index (χ0n) is 8.64. The van der Waals surface area contributed by atoms with Crippen LogP contribution in [0.3, 0.4) is 0 Å². The van der Waals surface area contributed by atoms with Crippen molar-refractivity contribution in [3.8, 4) is 5.88 Å². The topological polar surface area (TPSA) is 77.9 Å². The molecule has 0 saturated carbocycles. The van der Waals surface area contributed by atoms with Crippen molar-refractivity contribution in [2.75, 3.05) is 0 Å². The normalized spacial score (nSPS) is 10.4. The molecule has 0 aliphatic heterocycles. The maximum atomic E-state index is 12.7. The molecule has 6 heteroatoms. The summed E-state index contributed by atoms with van der Waals surface area (Å²) in [6, 6.07) is 6.19. The predicted molar refractivity (Wildman–Crippen MR) is 56.3 cm³/mol. The van der Waals surface area contributed by atoms with Gasteiger partial charge in [-0.2, -0.15) is 0 Å². The third kappa shape index (κ3) is 2.41. The average molecular weight is 235 g/mol. The first-order chi connectivity index (χ1) is 8.06. The van der Waals surface area contributed by atoms with Gasteiger partial charge in [0.2, 0.25) is 0 Å². The number of rotatable bonds is 2. The second-order valence-electron chi connectivity index (χ2n) is 3.49. The number of hydrogen-bond donors (Lipinski definition) is 1. The first-order valence-electron chi connectivity index (χ1n) is 4.82. The Hall–Kier alpha value is -2.37. The van der Waals surface area contributed by atoms with Gasteiger partial charge in [0, 0.05) is 6.07 Å². The van der Waals surface area contributed by atoms with Gasteiger partial charge >= 0.3 is 5.69 Å². The van der Waals surface area contributed by atoms with E-state index in [1.807, 2.05) is 4.98 Å². The van der Waals surface area contributed by atoms with E-state index in [4.69, 9.17) is 0 Å². The van der Waals surface area contributed by atoms with Crippen LogP contribution >= 0.6 is 0 Å². The van der Waals surface area contributed by atoms with E-state index in [0.717, 1.165) is 10.6 Å². The Bertz CT molecular complexity index is 643. The minimum absolute atomic E-state index is 0.00523. The van der Waals surface area contributed by atoms with E-state index in [9.17, 15) is 19.1 Å². The van der Waals surface area contributed by atoms with E-state index >= 15 is 0 Å². The Morgan fingerprint density at radius 3 is 2.47 bits per heavy atom. The number of H-pyrrole nitrogens is 1. The van der Waals surface area contributed by atoms with Crippen LogP contribution in [0.1, 0.15) is 5.56 Å². The van der Waals surface area contributed by atoms with Gasteiger partial charge in [0.1, 0.15) is 5.82 Å². The largest absolute Gasteiger partial charge is 0.860 e. The van der Waals surface area contributed by atoms with Crippen LogP contribution in [-0.2, 0) is 6.54 Å². The molecule has 1 aromatic heterocycles. The summed E-state index contributed by atoms with van der Waals surface area (Å²) in [4.78, 5) is 24.2. The molecule has 0 bridgehead atoms. The van der Waals surface area contributed by atoms with Crippen LogP contribution < -0.4 is 16.4 Å². The van der Waals surface area contributed by atoms with E-state index in [-0.39, 0.29) is 6.54 Å². The third-order valence-corrected chi connectivity index (χ3v) is 2.25. The van der Waals surface area contributed by atoms with Gasteiger partial charge < -0.3 is 9.67 Å². The Morgan fingerprint density at radius 1 is 1.24 bits per heavy atom. The molecule has 0 aliphatic carbocycles. The highest BCUT2D eigenvalue weighted by molar-refractivity contribution is 5.18. The molecule has 17 heavy (non-hydrogen) atoms. The van der Waals surface area contributed by atoms with Gasteiger partial charge in [-0.15, -0.1) is 0 Å². The molecule has 1 heterocycles. The van der Waals surface area contributed by atoms with Gasteiger partial charge in [0.25, 0.3) is 5.56 Å². The molecule has 2 rings (SSSR count). The summed E-state index contributed by atoms with van der Waals surface area (Å²) in [6.45, 7) is -0.00523. The quantitative estimate of drug-likeness (QED) is 0.782. The van der Waals surface area contributed by atoms with Gasteiger partial charge in [0.05, 0.1) is 6.54 Å². The van der Waals surface area contributed by atoms with Gasteiger partial charge in [-0.1, -0.05) is 12.1 Å². The zero-order chi connectivity index (χ0) is 12.4. The smallest absolute Gasteiger partial charge is 0.328 e. The molecule has 2 aromatic rings. The molecule has 0 radical (unpaired) electrons. The molecule has 1 aromatic carbocycles. The van der Waals surface area contributed by atoms with Crippen LogP contribution in [0.5, 0.6) is 5.88 Å². The van der Waals surface area contributed by atoms with Crippen molar-refractivity contribution in [3.05, 3.63) is 62.6 Å². The fourth-order valence-electron chi connectivity index (χ4n) is 1.42. The Morgan fingerprint density at radius 2 is 1.88 bits per heavy atom. The molecule has 0 atom stereocenters. The van der Waals surface area contributed by atoms with E-state index in [1.54, 1.807) is 0 Å². The van der Waals surface area contributed by atoms with Crippen LogP contribution in [0.15, 0.2) is 39.9 Å². The summed E-state index contributed by atoms with van der Waals surface area (Å²) < 4.78 is 13.5. The van der Waals surface area contributed by atoms with Crippen molar-refractivity contribution >= 4 is 0 Å². The van der Waals surface area contributed by atoms with Gasteiger partial charge in [0.15, 0.2) is 0 Å². The van der Waals surface area contributed by atoms with Crippen molar-refractivity contribution in [3.63, 3.8) is 0 Å². The van der Waals surface area contributed by atoms with Gasteiger partial charge in [-0.3, -0.25) is 9.78 Å². The molecule has 0 aliphatic rings. The predicted octanol–water partition coefficient (Wildman–Crippen LogP) is -0.202. The number of nitrogens with one attached hydrogen (secondary N) is 1. The minimum atomic E-state index is -0.771. The molecular formula is C11H8FN2O3-. The summed E-state index contributed by atoms with van der Waals surface area (Å²) in [5, 5.41) is 11.4. The number of aromatic amines is 1. The van der Waals surface area contributed by atoms with Crippen LogP contribution in [0, 0.1) is 5.82 Å². The number of aromatic nitrogens is 2. The fraction of sp³-hybridized carbons (Fsp3) is 0.0909. The molecule has 5 nitrogen and oxygen atoms in total. The highest BCUT2D eigenvalue weighted by Gasteiger charge is 2.00. The Balaban J connectivity index is 2.40. The number of hydrogen-bond acceptors (Lipinski definition) is 3. The lowest BCUT2D eigenvalue weighted by Gasteiger charge is -2.14. The first-order valence-corrected chi connectivity index (χ1v) is 4.82. The molecule has 1 N–H and O–H groups in total. The standard InChI is InChI=1S/C11H9FN2O3/c12-8-3-1-7(2-4-8)6-14-10(16)5-9(15)13-11(14)17/h1-5,16H,6H2,(H,13,15,17)/p-1. The third-order valence-electron chi connectivity index (χ3n) is 2.25. The summed E-state index contributed by atoms with van der Waals surface area (Å²) in [6.07, 6.45) is 0. The molecule has 0 unspecified atom stereocenters. The van der Waals surface area contributed by atoms with Crippen molar-refractivity contribution in [1.82, 2.24) is 9.55 Å². The lowest BCUT2D eigenvalue weighted by molar-refractivity contribution is -0.280. The van der Waals surface area contributed by atoms with Crippen LogP contribution in [0.25, 0.3) is 0 Å². The maximum Gasteiger partial charge on any atom is 0.328 e. The van der Waals surface area contributed by atoms with Gasteiger partial charge in [-0.05, 0) is 23.6 Å². The summed E-state index contributed by atoms with van der Waals surface area (Å²) in [7, 11) is 0. The SMILES string of the molecule is O=c1cc([O-])n(Cc2ccc(F)cc2)c(=O)[nH]1. The van der Waals surface area contributed by atoms with E-state index in [1.165, 1.54) is 24.3 Å². The monoisotopic (exact) mass is 235 g/mol. The van der Waals surface area contributed by atoms with Crippen LogP contribution in [0.2, 0.25) is 0 Å². The highest BCUT2D eigenvalue weighted by Crippen LogP contribution is 2.06. The minimum Gasteiger partial charge on any atom is -0.860 e. The average Bonchev–Trinajstić information content (AvgIpc) is 2.26. The lowest BCUT2D eigenvalue weighted by atomic mass is 10.2. The fourth-order valence-corrected chi connectivity index (χ4v) is 1.42. The second kappa shape index (κ2) is 4.25. The molecular weight excluding hydrogens is 227 g/mol. The Kier molecular flexibility index (Phi) is 2.78. The zero-order valence-corrected chi connectivity index (χ0v) is 8.64. The summed E-state index contributed by atoms with van der Waals surface area (Å²) in [5.74, 6) is -1.08.